The van der Waals surface area contributed by atoms with Crippen LogP contribution < -0.4 is 10.2 Å². The van der Waals surface area contributed by atoms with Gasteiger partial charge in [-0.2, -0.15) is 0 Å². The maximum Gasteiger partial charge on any atom is 0.338 e. The summed E-state index contributed by atoms with van der Waals surface area (Å²) in [5.74, 6) is -2.03. The molecule has 0 unspecified atom stereocenters. The average molecular weight is 539 g/mol. The Morgan fingerprint density at radius 2 is 1.52 bits per heavy atom. The van der Waals surface area contributed by atoms with Crippen molar-refractivity contribution in [1.82, 2.24) is 0 Å². The number of aryl methyl sites for hydroxylation is 2. The molecule has 2 aliphatic rings. The van der Waals surface area contributed by atoms with E-state index < -0.39 is 18.5 Å². The van der Waals surface area contributed by atoms with Gasteiger partial charge in [-0.15, -0.1) is 0 Å². The lowest BCUT2D eigenvalue weighted by molar-refractivity contribution is -0.122. The van der Waals surface area contributed by atoms with Gasteiger partial charge in [0.15, 0.2) is 6.61 Å². The summed E-state index contributed by atoms with van der Waals surface area (Å²) in [6.45, 7) is 3.59. The topological polar surface area (TPSA) is 92.8 Å². The van der Waals surface area contributed by atoms with E-state index in [0.29, 0.717) is 18.5 Å². The molecule has 0 aromatic heterocycles. The Labute approximate surface area is 234 Å². The Morgan fingerprint density at radius 1 is 0.850 bits per heavy atom. The molecule has 1 saturated carbocycles. The molecule has 3 aromatic carbocycles. The molecule has 0 radical (unpaired) electrons. The number of carbonyl (C=O) groups is 4. The van der Waals surface area contributed by atoms with E-state index in [0.717, 1.165) is 36.1 Å². The third-order valence-corrected chi connectivity index (χ3v) is 8.13. The number of carbonyl (C=O) groups excluding carboxylic acids is 4. The number of hydrogen-bond acceptors (Lipinski definition) is 5. The van der Waals surface area contributed by atoms with Gasteiger partial charge in [0.2, 0.25) is 11.8 Å². The number of nitrogens with zero attached hydrogens (tertiary/aromatic N) is 1. The SMILES string of the molecule is CCc1cccc(CC)c1NC(=O)COC(=O)c1cccc(N2C(=O)[C@H]3C[C@@H](c4ccccc4)CC[C@H]3C2=O)c1. The number of fused-ring (bicyclic) bond motifs is 1. The van der Waals surface area contributed by atoms with Gasteiger partial charge in [0.05, 0.1) is 23.1 Å². The first-order valence-electron chi connectivity index (χ1n) is 14.0. The number of anilines is 2. The maximum atomic E-state index is 13.4. The second-order valence-electron chi connectivity index (χ2n) is 10.5. The van der Waals surface area contributed by atoms with Crippen molar-refractivity contribution in [1.29, 1.82) is 0 Å². The lowest BCUT2D eigenvalue weighted by atomic mass is 9.73. The standard InChI is InChI=1S/C33H34N2O5/c1-3-21-12-8-13-22(4-2)30(21)34-29(36)20-40-33(39)25-14-9-15-26(18-25)35-31(37)27-17-16-24(19-28(27)32(35)38)23-10-6-5-7-11-23/h5-15,18,24,27-28H,3-4,16-17,19-20H2,1-2H3,(H,34,36)/t24-,27+,28-/m0/s1. The highest BCUT2D eigenvalue weighted by atomic mass is 16.5. The van der Waals surface area contributed by atoms with Gasteiger partial charge in [0, 0.05) is 5.69 Å². The van der Waals surface area contributed by atoms with Crippen LogP contribution in [0.2, 0.25) is 0 Å². The van der Waals surface area contributed by atoms with Crippen LogP contribution in [-0.2, 0) is 32.0 Å². The number of para-hydroxylation sites is 1. The molecule has 40 heavy (non-hydrogen) atoms. The molecule has 3 aromatic rings. The van der Waals surface area contributed by atoms with Gasteiger partial charge in [0.1, 0.15) is 0 Å². The lowest BCUT2D eigenvalue weighted by Gasteiger charge is -2.28. The summed E-state index contributed by atoms with van der Waals surface area (Å²) in [5, 5.41) is 2.89. The van der Waals surface area contributed by atoms with E-state index in [-0.39, 0.29) is 35.1 Å². The molecule has 1 N–H and O–H groups in total. The number of esters is 1. The molecule has 1 aliphatic heterocycles. The van der Waals surface area contributed by atoms with Gasteiger partial charge >= 0.3 is 5.97 Å². The minimum Gasteiger partial charge on any atom is -0.452 e. The Balaban J connectivity index is 1.25. The zero-order valence-corrected chi connectivity index (χ0v) is 22.9. The zero-order valence-electron chi connectivity index (χ0n) is 22.9. The molecule has 0 bridgehead atoms. The molecular formula is C33H34N2O5. The van der Waals surface area contributed by atoms with Crippen molar-refractivity contribution in [3.8, 4) is 0 Å². The molecule has 1 aliphatic carbocycles. The Morgan fingerprint density at radius 3 is 2.23 bits per heavy atom. The second kappa shape index (κ2) is 11.9. The molecule has 3 atom stereocenters. The minimum atomic E-state index is -0.697. The smallest absolute Gasteiger partial charge is 0.338 e. The number of nitrogens with one attached hydrogen (secondary N) is 1. The van der Waals surface area contributed by atoms with Crippen LogP contribution in [0.15, 0.2) is 72.8 Å². The quantitative estimate of drug-likeness (QED) is 0.294. The number of ether oxygens (including phenoxy) is 1. The minimum absolute atomic E-state index is 0.172. The third-order valence-electron chi connectivity index (χ3n) is 8.13. The van der Waals surface area contributed by atoms with Crippen LogP contribution in [0.3, 0.4) is 0 Å². The van der Waals surface area contributed by atoms with Crippen LogP contribution in [0.1, 0.15) is 66.1 Å². The summed E-state index contributed by atoms with van der Waals surface area (Å²) in [6, 6.07) is 22.3. The summed E-state index contributed by atoms with van der Waals surface area (Å²) in [7, 11) is 0. The van der Waals surface area contributed by atoms with Crippen molar-refractivity contribution < 1.29 is 23.9 Å². The number of imide groups is 1. The Bertz CT molecular complexity index is 1410. The Hall–Kier alpha value is -4.26. The molecule has 5 rings (SSSR count). The molecule has 206 valence electrons. The van der Waals surface area contributed by atoms with Crippen LogP contribution in [0.25, 0.3) is 0 Å². The van der Waals surface area contributed by atoms with Crippen LogP contribution in [0, 0.1) is 11.8 Å². The van der Waals surface area contributed by atoms with Crippen molar-refractivity contribution in [2.45, 2.75) is 51.9 Å². The summed E-state index contributed by atoms with van der Waals surface area (Å²) < 4.78 is 5.30. The van der Waals surface area contributed by atoms with Crippen molar-refractivity contribution in [2.75, 3.05) is 16.8 Å². The fourth-order valence-corrected chi connectivity index (χ4v) is 6.03. The van der Waals surface area contributed by atoms with E-state index in [1.807, 2.05) is 50.2 Å². The normalized spacial score (nSPS) is 20.2. The van der Waals surface area contributed by atoms with Gasteiger partial charge in [-0.25, -0.2) is 4.79 Å². The molecular weight excluding hydrogens is 504 g/mol. The van der Waals surface area contributed by atoms with E-state index in [1.54, 1.807) is 18.2 Å². The molecule has 0 spiro atoms. The second-order valence-corrected chi connectivity index (χ2v) is 10.5. The van der Waals surface area contributed by atoms with E-state index >= 15 is 0 Å². The number of rotatable bonds is 8. The summed E-state index contributed by atoms with van der Waals surface area (Å²) in [5.41, 5.74) is 4.51. The van der Waals surface area contributed by atoms with Crippen molar-refractivity contribution in [2.24, 2.45) is 11.8 Å². The summed E-state index contributed by atoms with van der Waals surface area (Å²) >= 11 is 0. The molecule has 1 saturated heterocycles. The fraction of sp³-hybridized carbons (Fsp3) is 0.333. The first-order chi connectivity index (χ1) is 19.4. The summed E-state index contributed by atoms with van der Waals surface area (Å²) in [4.78, 5) is 53.4. The largest absolute Gasteiger partial charge is 0.452 e. The van der Waals surface area contributed by atoms with E-state index in [2.05, 4.69) is 17.4 Å². The van der Waals surface area contributed by atoms with Crippen molar-refractivity contribution >= 4 is 35.1 Å². The average Bonchev–Trinajstić information content (AvgIpc) is 3.25. The van der Waals surface area contributed by atoms with E-state index in [9.17, 15) is 19.2 Å². The highest BCUT2D eigenvalue weighted by Gasteiger charge is 2.50. The first-order valence-corrected chi connectivity index (χ1v) is 14.0. The first kappa shape index (κ1) is 27.3. The molecule has 3 amide bonds. The molecule has 7 heteroatoms. The van der Waals surface area contributed by atoms with Crippen molar-refractivity contribution in [3.63, 3.8) is 0 Å². The molecule has 7 nitrogen and oxygen atoms in total. The van der Waals surface area contributed by atoms with Gasteiger partial charge in [-0.1, -0.05) is 68.4 Å². The van der Waals surface area contributed by atoms with E-state index in [4.69, 9.17) is 4.74 Å². The van der Waals surface area contributed by atoms with Gasteiger partial charge in [-0.3, -0.25) is 19.3 Å². The van der Waals surface area contributed by atoms with Crippen LogP contribution in [0.5, 0.6) is 0 Å². The predicted octanol–water partition coefficient (Wildman–Crippen LogP) is 5.68. The van der Waals surface area contributed by atoms with E-state index in [1.165, 1.54) is 16.5 Å². The van der Waals surface area contributed by atoms with Crippen LogP contribution in [0.4, 0.5) is 11.4 Å². The van der Waals surface area contributed by atoms with Crippen LogP contribution in [-0.4, -0.2) is 30.3 Å². The predicted molar refractivity (Wildman–Crippen MR) is 153 cm³/mol. The molecule has 1 heterocycles. The van der Waals surface area contributed by atoms with Crippen LogP contribution >= 0.6 is 0 Å². The number of amides is 3. The number of benzene rings is 3. The Kier molecular flexibility index (Phi) is 8.10. The lowest BCUT2D eigenvalue weighted by Crippen LogP contribution is -2.31. The highest BCUT2D eigenvalue weighted by Crippen LogP contribution is 2.45. The zero-order chi connectivity index (χ0) is 28.2. The van der Waals surface area contributed by atoms with Gasteiger partial charge < -0.3 is 10.1 Å². The maximum absolute atomic E-state index is 13.4. The fourth-order valence-electron chi connectivity index (χ4n) is 6.03. The number of hydrogen-bond donors (Lipinski definition) is 1. The monoisotopic (exact) mass is 538 g/mol. The van der Waals surface area contributed by atoms with Gasteiger partial charge in [0.25, 0.3) is 5.91 Å². The van der Waals surface area contributed by atoms with Gasteiger partial charge in [-0.05, 0) is 72.9 Å². The third kappa shape index (κ3) is 5.41. The van der Waals surface area contributed by atoms with Crippen molar-refractivity contribution in [3.05, 3.63) is 95.1 Å². The molecule has 2 fully saturated rings. The summed E-state index contributed by atoms with van der Waals surface area (Å²) in [6.07, 6.45) is 3.67. The highest BCUT2D eigenvalue weighted by molar-refractivity contribution is 6.22.